The molecule has 0 spiro atoms. The van der Waals surface area contributed by atoms with E-state index in [4.69, 9.17) is 9.84 Å². The minimum atomic E-state index is -0.128. The predicted octanol–water partition coefficient (Wildman–Crippen LogP) is 13.5. The van der Waals surface area contributed by atoms with Crippen LogP contribution in [0.25, 0.3) is 22.9 Å². The molecule has 0 bridgehead atoms. The van der Waals surface area contributed by atoms with Gasteiger partial charge in [-0.25, -0.2) is 4.68 Å². The molecule has 0 atom stereocenters. The van der Waals surface area contributed by atoms with Crippen LogP contribution in [-0.2, 0) is 16.2 Å². The van der Waals surface area contributed by atoms with Crippen molar-refractivity contribution in [3.8, 4) is 11.3 Å². The van der Waals surface area contributed by atoms with Crippen LogP contribution >= 0.6 is 0 Å². The molecule has 304 valence electrons. The van der Waals surface area contributed by atoms with E-state index in [1.54, 1.807) is 38.8 Å². The van der Waals surface area contributed by atoms with Crippen LogP contribution in [0, 0.1) is 0 Å². The number of unbranched alkanes of at least 4 members (excludes halogenated alkanes) is 3. The van der Waals surface area contributed by atoms with Crippen LogP contribution in [0.15, 0.2) is 115 Å². The molecule has 1 N–H and O–H groups in total. The number of esters is 1. The van der Waals surface area contributed by atoms with Crippen LogP contribution in [0.4, 0.5) is 0 Å². The number of aromatic nitrogens is 2. The van der Waals surface area contributed by atoms with Gasteiger partial charge >= 0.3 is 5.97 Å². The third kappa shape index (κ3) is 34.3. The number of hydrogen-bond donors (Lipinski definition) is 1. The number of aliphatic imine (C=N–C) groups is 2. The van der Waals surface area contributed by atoms with Gasteiger partial charge in [0.05, 0.1) is 18.6 Å². The van der Waals surface area contributed by atoms with Crippen molar-refractivity contribution in [3.63, 3.8) is 0 Å². The van der Waals surface area contributed by atoms with E-state index < -0.39 is 0 Å². The van der Waals surface area contributed by atoms with Crippen molar-refractivity contribution in [1.82, 2.24) is 15.1 Å². The smallest absolute Gasteiger partial charge is 0.305 e. The molecular formula is C47H79N5O2. The molecule has 1 heterocycles. The highest BCUT2D eigenvalue weighted by Crippen LogP contribution is 2.32. The summed E-state index contributed by atoms with van der Waals surface area (Å²) < 4.78 is 6.97. The second-order valence-electron chi connectivity index (χ2n) is 10.3. The Labute approximate surface area is 333 Å². The fraction of sp³-hybridized carbons (Fsp3) is 0.447. The van der Waals surface area contributed by atoms with Crippen molar-refractivity contribution in [2.24, 2.45) is 9.98 Å². The molecule has 1 aromatic heterocycles. The van der Waals surface area contributed by atoms with Crippen LogP contribution in [0.2, 0.25) is 0 Å². The third-order valence-corrected chi connectivity index (χ3v) is 5.92. The van der Waals surface area contributed by atoms with E-state index in [9.17, 15) is 4.79 Å². The summed E-state index contributed by atoms with van der Waals surface area (Å²) in [5.41, 5.74) is 5.08. The largest absolute Gasteiger partial charge is 0.466 e. The molecule has 2 aromatic rings. The Morgan fingerprint density at radius 3 is 1.89 bits per heavy atom. The molecule has 1 aromatic carbocycles. The number of hydrogen-bond acceptors (Lipinski definition) is 5. The highest BCUT2D eigenvalue weighted by Gasteiger charge is 2.19. The van der Waals surface area contributed by atoms with Crippen molar-refractivity contribution in [1.29, 1.82) is 0 Å². The van der Waals surface area contributed by atoms with Gasteiger partial charge in [0.15, 0.2) is 0 Å². The van der Waals surface area contributed by atoms with Crippen LogP contribution in [0.5, 0.6) is 0 Å². The second kappa shape index (κ2) is 50.3. The first-order valence-electron chi connectivity index (χ1n) is 19.6. The molecule has 2 rings (SSSR count). The molecule has 54 heavy (non-hydrogen) atoms. The second-order valence-corrected chi connectivity index (χ2v) is 10.3. The molecule has 0 saturated heterocycles. The Morgan fingerprint density at radius 1 is 0.889 bits per heavy atom. The van der Waals surface area contributed by atoms with Crippen LogP contribution in [-0.4, -0.2) is 49.0 Å². The summed E-state index contributed by atoms with van der Waals surface area (Å²) in [5.74, 6) is -0.128. The number of nitrogens with one attached hydrogen (secondary N) is 1. The molecule has 0 aliphatic rings. The number of carbonyl (C=O) groups excluding carboxylic acids is 1. The summed E-state index contributed by atoms with van der Waals surface area (Å²) >= 11 is 0. The Morgan fingerprint density at radius 2 is 1.44 bits per heavy atom. The Hall–Kier alpha value is -4.78. The van der Waals surface area contributed by atoms with Gasteiger partial charge in [-0.1, -0.05) is 140 Å². The van der Waals surface area contributed by atoms with Crippen molar-refractivity contribution < 1.29 is 9.53 Å². The van der Waals surface area contributed by atoms with E-state index >= 15 is 0 Å². The molecule has 0 amide bonds. The van der Waals surface area contributed by atoms with Crippen molar-refractivity contribution in [2.75, 3.05) is 20.7 Å². The lowest BCUT2D eigenvalue weighted by atomic mass is 10.00. The molecule has 0 saturated carbocycles. The fourth-order valence-electron chi connectivity index (χ4n) is 3.77. The zero-order chi connectivity index (χ0) is 42.3. The zero-order valence-electron chi connectivity index (χ0n) is 36.5. The number of carbonyl (C=O) groups is 1. The zero-order valence-corrected chi connectivity index (χ0v) is 36.5. The van der Waals surface area contributed by atoms with Gasteiger partial charge in [-0.15, -0.1) is 19.7 Å². The van der Waals surface area contributed by atoms with E-state index in [0.717, 1.165) is 60.2 Å². The summed E-state index contributed by atoms with van der Waals surface area (Å²) in [7, 11) is 3.48. The average Bonchev–Trinajstić information content (AvgIpc) is 3.56. The van der Waals surface area contributed by atoms with Gasteiger partial charge < -0.3 is 15.0 Å². The first kappa shape index (κ1) is 58.5. The number of rotatable bonds is 17. The maximum absolute atomic E-state index is 11.6. The lowest BCUT2D eigenvalue weighted by Crippen LogP contribution is -2.19. The van der Waals surface area contributed by atoms with E-state index in [-0.39, 0.29) is 5.97 Å². The highest BCUT2D eigenvalue weighted by atomic mass is 16.5. The highest BCUT2D eigenvalue weighted by molar-refractivity contribution is 5.85. The molecule has 7 heteroatoms. The summed E-state index contributed by atoms with van der Waals surface area (Å²) in [6.07, 6.45) is 27.5. The maximum Gasteiger partial charge on any atom is 0.305 e. The minimum Gasteiger partial charge on any atom is -0.466 e. The molecule has 0 radical (unpaired) electrons. The van der Waals surface area contributed by atoms with Crippen LogP contribution in [0.1, 0.15) is 125 Å². The fourth-order valence-corrected chi connectivity index (χ4v) is 3.77. The lowest BCUT2D eigenvalue weighted by molar-refractivity contribution is -0.143. The first-order valence-corrected chi connectivity index (χ1v) is 19.6. The molecule has 0 unspecified atom stereocenters. The SMILES string of the molecule is C=C/C=C\C(=C/C)c1c(/C=C/CCCCC(=O)OCC)c(-c2ccccc2)nn1CNC=NC.C=CC.C=CCCC=C.CC.CC.CC=NC.CCC. The summed E-state index contributed by atoms with van der Waals surface area (Å²) in [6.45, 7) is 35.1. The van der Waals surface area contributed by atoms with Crippen LogP contribution < -0.4 is 5.32 Å². The average molecular weight is 746 g/mol. The van der Waals surface area contributed by atoms with Gasteiger partial charge in [0.1, 0.15) is 12.4 Å². The van der Waals surface area contributed by atoms with Gasteiger partial charge in [-0.3, -0.25) is 9.79 Å². The standard InChI is InChI=1S/C28H36N4O2.C6H10.C3H7N.C3H8.C3H6.2C2H6/c1-5-8-16-23(6-2)28-25(19-14-9-10-15-20-26(33)34-7-3)27(24-17-12-11-13-18-24)31-32(28)22-30-21-29-4;1-3-5-6-4-2;1-3-4-2;2*1-3-2;2*1-2/h5-6,8,11-14,16-19,21H,1,7,9-10,15,20,22H2,2-4H3,(H,29,30);3-4H,1-2,5-6H2;3H,1-2H3;3H2,1-2H3;3H,1H2,2H3;2*1-2H3/b16-8-,19-14+,23-6+;;;;;;. The van der Waals surface area contributed by atoms with Gasteiger partial charge in [0.25, 0.3) is 0 Å². The van der Waals surface area contributed by atoms with Gasteiger partial charge in [0.2, 0.25) is 0 Å². The number of ether oxygens (including phenoxy) is 1. The van der Waals surface area contributed by atoms with Gasteiger partial charge in [0, 0.05) is 31.6 Å². The number of nitrogens with zero attached hydrogens (tertiary/aromatic N) is 4. The third-order valence-electron chi connectivity index (χ3n) is 5.92. The monoisotopic (exact) mass is 746 g/mol. The quantitative estimate of drug-likeness (QED) is 0.0436. The van der Waals surface area contributed by atoms with Crippen molar-refractivity contribution in [2.45, 2.75) is 121 Å². The van der Waals surface area contributed by atoms with E-state index in [1.165, 1.54) is 6.42 Å². The molecular weight excluding hydrogens is 667 g/mol. The molecule has 0 fully saturated rings. The molecule has 0 aliphatic carbocycles. The summed E-state index contributed by atoms with van der Waals surface area (Å²) in [6, 6.07) is 10.2. The normalized spacial score (nSPS) is 9.96. The van der Waals surface area contributed by atoms with Crippen molar-refractivity contribution >= 4 is 30.2 Å². The topological polar surface area (TPSA) is 80.9 Å². The molecule has 7 nitrogen and oxygen atoms in total. The summed E-state index contributed by atoms with van der Waals surface area (Å²) in [4.78, 5) is 19.2. The lowest BCUT2D eigenvalue weighted by Gasteiger charge is -2.09. The van der Waals surface area contributed by atoms with Crippen molar-refractivity contribution in [3.05, 3.63) is 117 Å². The Balaban J connectivity index is -0.000000332. The van der Waals surface area contributed by atoms with Crippen LogP contribution in [0.3, 0.4) is 0 Å². The van der Waals surface area contributed by atoms with E-state index in [1.807, 2.05) is 103 Å². The molecule has 0 aliphatic heterocycles. The number of allylic oxidation sites excluding steroid dienone is 9. The Kier molecular flexibility index (Phi) is 54.5. The maximum atomic E-state index is 11.6. The summed E-state index contributed by atoms with van der Waals surface area (Å²) in [5, 5.41) is 8.16. The van der Waals surface area contributed by atoms with Gasteiger partial charge in [-0.2, -0.15) is 5.10 Å². The predicted molar refractivity (Wildman–Crippen MR) is 247 cm³/mol. The van der Waals surface area contributed by atoms with E-state index in [2.05, 4.69) is 85.8 Å². The number of benzene rings is 1. The first-order chi connectivity index (χ1) is 26.3. The minimum absolute atomic E-state index is 0.128. The van der Waals surface area contributed by atoms with Gasteiger partial charge in [-0.05, 0) is 71.6 Å². The Bertz CT molecular complexity index is 1290. The van der Waals surface area contributed by atoms with E-state index in [0.29, 0.717) is 19.7 Å².